The zero-order valence-electron chi connectivity index (χ0n) is 18.5. The molecule has 2 aliphatic heterocycles. The van der Waals surface area contributed by atoms with Crippen LogP contribution in [0.3, 0.4) is 0 Å². The molecule has 3 N–H and O–H groups in total. The van der Waals surface area contributed by atoms with E-state index in [1.165, 1.54) is 18.5 Å². The predicted octanol–water partition coefficient (Wildman–Crippen LogP) is 3.35. The first-order valence-electron chi connectivity index (χ1n) is 10.6. The van der Waals surface area contributed by atoms with Crippen LogP contribution in [0, 0.1) is 5.82 Å². The maximum absolute atomic E-state index is 14.3. The second-order valence-corrected chi connectivity index (χ2v) is 9.64. The minimum absolute atomic E-state index is 0.0809. The quantitative estimate of drug-likeness (QED) is 0.504. The van der Waals surface area contributed by atoms with Crippen LogP contribution in [0.4, 0.5) is 21.6 Å². The molecule has 1 fully saturated rings. The fourth-order valence-electron chi connectivity index (χ4n) is 3.90. The smallest absolute Gasteiger partial charge is 0.248 e. The number of rotatable bonds is 4. The summed E-state index contributed by atoms with van der Waals surface area (Å²) in [6, 6.07) is 4.22. The Balaban J connectivity index is 1.40. The molecular formula is C22H22ClFN6O4. The van der Waals surface area contributed by atoms with Gasteiger partial charge in [-0.05, 0) is 18.2 Å². The molecule has 3 aromatic rings. The highest BCUT2D eigenvalue weighted by Gasteiger charge is 2.50. The van der Waals surface area contributed by atoms with Crippen molar-refractivity contribution in [1.29, 1.82) is 0 Å². The summed E-state index contributed by atoms with van der Waals surface area (Å²) >= 11 is 5.82. The number of fused-ring (bicyclic) bond motifs is 1. The largest absolute Gasteiger partial charge is 0.422 e. The normalized spacial score (nSPS) is 26.1. The number of halogens is 2. The first kappa shape index (κ1) is 22.8. The summed E-state index contributed by atoms with van der Waals surface area (Å²) in [6.07, 6.45) is -1.59. The minimum Gasteiger partial charge on any atom is -0.422 e. The number of anilines is 2. The third kappa shape index (κ3) is 3.94. The van der Waals surface area contributed by atoms with Gasteiger partial charge in [0.2, 0.25) is 11.8 Å². The van der Waals surface area contributed by atoms with Gasteiger partial charge < -0.3 is 24.7 Å². The number of aromatic nitrogens is 4. The standard InChI is InChI=1S/C22H22ClFN6O4/c1-22(2,3)21-30-29-20(34-21)18-16(32)15(31)17(33-18)10-7-25-14-13(10)26-8-27-19(14)28-12-5-4-9(23)6-11(12)24/h4-8,10,15-18,31-32H,1-3H3,(H,26,27,28)/t10?,15-,16+,17+,18+/m1/s1. The van der Waals surface area contributed by atoms with Crippen molar-refractivity contribution in [2.45, 2.75) is 56.5 Å². The Kier molecular flexibility index (Phi) is 5.59. The molecule has 0 aliphatic carbocycles. The first-order chi connectivity index (χ1) is 16.1. The van der Waals surface area contributed by atoms with E-state index in [4.69, 9.17) is 20.8 Å². The minimum atomic E-state index is -1.29. The van der Waals surface area contributed by atoms with Crippen LogP contribution in [0.5, 0.6) is 0 Å². The van der Waals surface area contributed by atoms with Gasteiger partial charge in [-0.15, -0.1) is 10.2 Å². The second-order valence-electron chi connectivity index (χ2n) is 9.21. The zero-order chi connectivity index (χ0) is 24.2. The van der Waals surface area contributed by atoms with Crippen LogP contribution < -0.4 is 5.32 Å². The van der Waals surface area contributed by atoms with Gasteiger partial charge in [0.25, 0.3) is 0 Å². The molecule has 0 saturated carbocycles. The lowest BCUT2D eigenvalue weighted by molar-refractivity contribution is -0.0109. The van der Waals surface area contributed by atoms with Crippen LogP contribution >= 0.6 is 11.6 Å². The van der Waals surface area contributed by atoms with Gasteiger partial charge in [-0.3, -0.25) is 4.99 Å². The third-order valence-corrected chi connectivity index (χ3v) is 5.93. The van der Waals surface area contributed by atoms with Crippen molar-refractivity contribution in [1.82, 2.24) is 20.2 Å². The van der Waals surface area contributed by atoms with E-state index in [2.05, 4.69) is 30.5 Å². The Bertz CT molecular complexity index is 1260. The number of hydrogen-bond acceptors (Lipinski definition) is 10. The Hall–Kier alpha value is -2.99. The lowest BCUT2D eigenvalue weighted by Gasteiger charge is -2.20. The van der Waals surface area contributed by atoms with Crippen molar-refractivity contribution in [3.8, 4) is 0 Å². The van der Waals surface area contributed by atoms with Gasteiger partial charge in [-0.25, -0.2) is 14.4 Å². The number of nitrogens with one attached hydrogen (secondary N) is 1. The monoisotopic (exact) mass is 488 g/mol. The van der Waals surface area contributed by atoms with E-state index in [0.29, 0.717) is 17.3 Å². The van der Waals surface area contributed by atoms with Crippen LogP contribution in [0.1, 0.15) is 50.3 Å². The van der Waals surface area contributed by atoms with E-state index >= 15 is 0 Å². The SMILES string of the molecule is CC(C)(C)c1nnc([C@H]2O[C@@H](C3C=Nc4c(Nc5ccc(Cl)cc5F)ncnc43)[C@H](O)[C@@H]2O)o1. The van der Waals surface area contributed by atoms with Crippen LogP contribution in [0.2, 0.25) is 5.02 Å². The highest BCUT2D eigenvalue weighted by atomic mass is 35.5. The molecule has 0 bridgehead atoms. The second kappa shape index (κ2) is 8.35. The maximum atomic E-state index is 14.3. The Labute approximate surface area is 198 Å². The van der Waals surface area contributed by atoms with Gasteiger partial charge in [0.1, 0.15) is 36.1 Å². The maximum Gasteiger partial charge on any atom is 0.248 e. The van der Waals surface area contributed by atoms with Crippen LogP contribution in [-0.4, -0.2) is 54.9 Å². The summed E-state index contributed by atoms with van der Waals surface area (Å²) in [5, 5.41) is 32.6. The van der Waals surface area contributed by atoms with Crippen LogP contribution in [0.15, 0.2) is 33.9 Å². The molecule has 178 valence electrons. The van der Waals surface area contributed by atoms with Gasteiger partial charge in [0, 0.05) is 16.7 Å². The molecular weight excluding hydrogens is 467 g/mol. The number of benzene rings is 1. The molecule has 1 saturated heterocycles. The number of nitrogens with zero attached hydrogens (tertiary/aromatic N) is 5. The molecule has 10 nitrogen and oxygen atoms in total. The molecule has 1 unspecified atom stereocenters. The fourth-order valence-corrected chi connectivity index (χ4v) is 4.06. The summed E-state index contributed by atoms with van der Waals surface area (Å²) in [7, 11) is 0. The summed E-state index contributed by atoms with van der Waals surface area (Å²) in [4.78, 5) is 12.9. The van der Waals surface area contributed by atoms with Gasteiger partial charge in [0.05, 0.1) is 17.3 Å². The van der Waals surface area contributed by atoms with Gasteiger partial charge in [-0.1, -0.05) is 32.4 Å². The van der Waals surface area contributed by atoms with E-state index in [1.54, 1.807) is 12.3 Å². The van der Waals surface area contributed by atoms with Gasteiger partial charge >= 0.3 is 0 Å². The molecule has 4 heterocycles. The number of aliphatic hydroxyl groups is 2. The molecule has 0 spiro atoms. The predicted molar refractivity (Wildman–Crippen MR) is 120 cm³/mol. The summed E-state index contributed by atoms with van der Waals surface area (Å²) in [5.41, 5.74) is 0.629. The molecule has 34 heavy (non-hydrogen) atoms. The van der Waals surface area contributed by atoms with Crippen molar-refractivity contribution in [2.24, 2.45) is 4.99 Å². The number of hydrogen-bond donors (Lipinski definition) is 3. The summed E-state index contributed by atoms with van der Waals surface area (Å²) < 4.78 is 25.9. The van der Waals surface area contributed by atoms with Crippen molar-refractivity contribution in [3.05, 3.63) is 52.8 Å². The van der Waals surface area contributed by atoms with E-state index in [-0.39, 0.29) is 27.8 Å². The van der Waals surface area contributed by atoms with Crippen molar-refractivity contribution in [3.63, 3.8) is 0 Å². The lowest BCUT2D eigenvalue weighted by Crippen LogP contribution is -2.34. The average Bonchev–Trinajstić information content (AvgIpc) is 3.49. The highest BCUT2D eigenvalue weighted by Crippen LogP contribution is 2.45. The highest BCUT2D eigenvalue weighted by molar-refractivity contribution is 6.30. The average molecular weight is 489 g/mol. The Morgan fingerprint density at radius 2 is 1.91 bits per heavy atom. The van der Waals surface area contributed by atoms with E-state index < -0.39 is 36.2 Å². The van der Waals surface area contributed by atoms with Gasteiger partial charge in [-0.2, -0.15) is 0 Å². The molecule has 0 amide bonds. The van der Waals surface area contributed by atoms with E-state index in [1.807, 2.05) is 20.8 Å². The molecule has 0 radical (unpaired) electrons. The zero-order valence-corrected chi connectivity index (χ0v) is 19.2. The number of aliphatic hydroxyl groups excluding tert-OH is 2. The lowest BCUT2D eigenvalue weighted by atomic mass is 9.94. The molecule has 12 heteroatoms. The van der Waals surface area contributed by atoms with Crippen LogP contribution in [-0.2, 0) is 10.2 Å². The Morgan fingerprint density at radius 3 is 2.62 bits per heavy atom. The fraction of sp³-hybridized carbons (Fsp3) is 0.409. The molecule has 2 aliphatic rings. The Morgan fingerprint density at radius 1 is 1.12 bits per heavy atom. The van der Waals surface area contributed by atoms with E-state index in [0.717, 1.165) is 0 Å². The van der Waals surface area contributed by atoms with Crippen molar-refractivity contribution < 1.29 is 23.8 Å². The number of aliphatic imine (C=N–C) groups is 1. The van der Waals surface area contributed by atoms with Crippen molar-refractivity contribution >= 4 is 35.0 Å². The molecule has 5 atom stereocenters. The first-order valence-corrected chi connectivity index (χ1v) is 11.0. The van der Waals surface area contributed by atoms with Gasteiger partial charge in [0.15, 0.2) is 11.9 Å². The van der Waals surface area contributed by atoms with Crippen LogP contribution in [0.25, 0.3) is 0 Å². The summed E-state index contributed by atoms with van der Waals surface area (Å²) in [6.45, 7) is 5.75. The van der Waals surface area contributed by atoms with Crippen molar-refractivity contribution in [2.75, 3.05) is 5.32 Å². The molecule has 5 rings (SSSR count). The molecule has 2 aromatic heterocycles. The summed E-state index contributed by atoms with van der Waals surface area (Å²) in [5.74, 6) is -0.387. The topological polar surface area (TPSA) is 139 Å². The molecule has 1 aromatic carbocycles. The van der Waals surface area contributed by atoms with E-state index in [9.17, 15) is 14.6 Å². The number of ether oxygens (including phenoxy) is 1. The third-order valence-electron chi connectivity index (χ3n) is 5.69.